The number of nitrogens with two attached hydrogens (primary N) is 1. The Kier molecular flexibility index (Phi) is 7.58. The van der Waals surface area contributed by atoms with Crippen LogP contribution in [0.25, 0.3) is 0 Å². The number of sulfonamides is 1. The average molecular weight is 434 g/mol. The van der Waals surface area contributed by atoms with E-state index in [0.29, 0.717) is 11.3 Å². The normalized spacial score (nSPS) is 12.7. The SMILES string of the molecule is CC(C)(C)OC(=O)NC(Cc1ccccc1)C(=O)Nc1cccc(CS(N)(=O)=O)c1. The standard InChI is InChI=1S/C21H27N3O5S/c1-21(2,3)29-20(26)24-18(13-15-8-5-4-6-9-15)19(25)23-17-11-7-10-16(12-17)14-30(22,27)28/h4-12,18H,13-14H2,1-3H3,(H,23,25)(H,24,26)(H2,22,27,28). The van der Waals surface area contributed by atoms with Crippen molar-refractivity contribution >= 4 is 27.7 Å². The fourth-order valence-electron chi connectivity index (χ4n) is 2.71. The first-order valence-electron chi connectivity index (χ1n) is 9.35. The van der Waals surface area contributed by atoms with Crippen LogP contribution in [-0.4, -0.2) is 32.1 Å². The molecule has 2 rings (SSSR count). The van der Waals surface area contributed by atoms with Gasteiger partial charge in [-0.1, -0.05) is 42.5 Å². The molecular weight excluding hydrogens is 406 g/mol. The number of nitrogens with one attached hydrogen (secondary N) is 2. The van der Waals surface area contributed by atoms with Gasteiger partial charge in [0.15, 0.2) is 0 Å². The molecule has 8 nitrogen and oxygen atoms in total. The van der Waals surface area contributed by atoms with E-state index in [9.17, 15) is 18.0 Å². The Morgan fingerprint density at radius 1 is 1.03 bits per heavy atom. The molecule has 0 saturated carbocycles. The lowest BCUT2D eigenvalue weighted by Crippen LogP contribution is -2.47. The van der Waals surface area contributed by atoms with E-state index in [0.717, 1.165) is 5.56 Å². The second-order valence-electron chi connectivity index (χ2n) is 7.89. The maximum atomic E-state index is 12.9. The van der Waals surface area contributed by atoms with Gasteiger partial charge in [0, 0.05) is 12.1 Å². The molecule has 30 heavy (non-hydrogen) atoms. The molecule has 162 valence electrons. The molecule has 2 aromatic rings. The summed E-state index contributed by atoms with van der Waals surface area (Å²) in [6.07, 6.45) is -0.454. The molecule has 9 heteroatoms. The highest BCUT2D eigenvalue weighted by molar-refractivity contribution is 7.88. The Labute approximate surface area is 176 Å². The smallest absolute Gasteiger partial charge is 0.408 e. The van der Waals surface area contributed by atoms with Gasteiger partial charge in [-0.25, -0.2) is 18.4 Å². The van der Waals surface area contributed by atoms with Gasteiger partial charge >= 0.3 is 6.09 Å². The summed E-state index contributed by atoms with van der Waals surface area (Å²) in [5.41, 5.74) is 0.983. The van der Waals surface area contributed by atoms with E-state index in [1.165, 1.54) is 6.07 Å². The molecule has 0 aliphatic rings. The van der Waals surface area contributed by atoms with Gasteiger partial charge in [-0.05, 0) is 44.0 Å². The monoisotopic (exact) mass is 433 g/mol. The van der Waals surface area contributed by atoms with Crippen LogP contribution in [0.1, 0.15) is 31.9 Å². The minimum atomic E-state index is -3.70. The van der Waals surface area contributed by atoms with Crippen LogP contribution in [0.15, 0.2) is 54.6 Å². The molecule has 1 unspecified atom stereocenters. The van der Waals surface area contributed by atoms with Crippen molar-refractivity contribution in [3.05, 3.63) is 65.7 Å². The van der Waals surface area contributed by atoms with E-state index >= 15 is 0 Å². The molecule has 0 spiro atoms. The van der Waals surface area contributed by atoms with Gasteiger partial charge in [0.05, 0.1) is 5.75 Å². The Morgan fingerprint density at radius 3 is 2.27 bits per heavy atom. The lowest BCUT2D eigenvalue weighted by atomic mass is 10.1. The summed E-state index contributed by atoms with van der Waals surface area (Å²) in [6, 6.07) is 14.7. The zero-order chi connectivity index (χ0) is 22.4. The van der Waals surface area contributed by atoms with E-state index in [-0.39, 0.29) is 12.2 Å². The average Bonchev–Trinajstić information content (AvgIpc) is 2.59. The molecule has 2 aromatic carbocycles. The van der Waals surface area contributed by atoms with Crippen LogP contribution >= 0.6 is 0 Å². The fourth-order valence-corrected chi connectivity index (χ4v) is 3.35. The predicted molar refractivity (Wildman–Crippen MR) is 115 cm³/mol. The number of anilines is 1. The van der Waals surface area contributed by atoms with Gasteiger partial charge in [-0.15, -0.1) is 0 Å². The van der Waals surface area contributed by atoms with Crippen molar-refractivity contribution in [2.24, 2.45) is 5.14 Å². The number of rotatable bonds is 7. The molecule has 0 heterocycles. The molecule has 0 aliphatic heterocycles. The summed E-state index contributed by atoms with van der Waals surface area (Å²) in [4.78, 5) is 25.1. The minimum absolute atomic E-state index is 0.253. The van der Waals surface area contributed by atoms with E-state index < -0.39 is 33.7 Å². The zero-order valence-corrected chi connectivity index (χ0v) is 18.0. The van der Waals surface area contributed by atoms with E-state index in [1.807, 2.05) is 30.3 Å². The molecule has 0 saturated heterocycles. The number of carbonyl (C=O) groups is 2. The van der Waals surface area contributed by atoms with Gasteiger partial charge < -0.3 is 15.4 Å². The molecule has 0 bridgehead atoms. The minimum Gasteiger partial charge on any atom is -0.444 e. The number of carbonyl (C=O) groups excluding carboxylic acids is 2. The third kappa shape index (κ3) is 8.62. The summed E-state index contributed by atoms with van der Waals surface area (Å²) < 4.78 is 27.9. The first-order valence-corrected chi connectivity index (χ1v) is 11.1. The number of primary sulfonamides is 1. The third-order valence-corrected chi connectivity index (χ3v) is 4.59. The largest absolute Gasteiger partial charge is 0.444 e. The van der Waals surface area contributed by atoms with Crippen LogP contribution in [0, 0.1) is 0 Å². The topological polar surface area (TPSA) is 128 Å². The van der Waals surface area contributed by atoms with Crippen LogP contribution in [0.3, 0.4) is 0 Å². The molecular formula is C21H27N3O5S. The van der Waals surface area contributed by atoms with Crippen LogP contribution < -0.4 is 15.8 Å². The quantitative estimate of drug-likeness (QED) is 0.618. The fraction of sp³-hybridized carbons (Fsp3) is 0.333. The van der Waals surface area contributed by atoms with Gasteiger partial charge in [0.25, 0.3) is 0 Å². The lowest BCUT2D eigenvalue weighted by Gasteiger charge is -2.23. The van der Waals surface area contributed by atoms with Crippen LogP contribution in [0.4, 0.5) is 10.5 Å². The number of hydrogen-bond donors (Lipinski definition) is 3. The Morgan fingerprint density at radius 2 is 1.67 bits per heavy atom. The van der Waals surface area contributed by atoms with Gasteiger partial charge in [0.2, 0.25) is 15.9 Å². The molecule has 2 amide bonds. The number of alkyl carbamates (subject to hydrolysis) is 1. The molecule has 0 aromatic heterocycles. The Hall–Kier alpha value is -2.91. The van der Waals surface area contributed by atoms with Crippen molar-refractivity contribution in [1.29, 1.82) is 0 Å². The molecule has 1 atom stereocenters. The summed E-state index contributed by atoms with van der Waals surface area (Å²) >= 11 is 0. The second-order valence-corrected chi connectivity index (χ2v) is 9.50. The highest BCUT2D eigenvalue weighted by Crippen LogP contribution is 2.14. The van der Waals surface area contributed by atoms with Gasteiger partial charge in [0.1, 0.15) is 11.6 Å². The molecule has 0 radical (unpaired) electrons. The van der Waals surface area contributed by atoms with Crippen molar-refractivity contribution < 1.29 is 22.7 Å². The highest BCUT2D eigenvalue weighted by Gasteiger charge is 2.25. The molecule has 0 aliphatic carbocycles. The summed E-state index contributed by atoms with van der Waals surface area (Å²) in [5.74, 6) is -0.808. The number of benzene rings is 2. The number of hydrogen-bond acceptors (Lipinski definition) is 5. The van der Waals surface area contributed by atoms with Gasteiger partial charge in [-0.2, -0.15) is 0 Å². The van der Waals surface area contributed by atoms with Crippen LogP contribution in [0.2, 0.25) is 0 Å². The van der Waals surface area contributed by atoms with E-state index in [4.69, 9.17) is 9.88 Å². The van der Waals surface area contributed by atoms with Crippen LogP contribution in [0.5, 0.6) is 0 Å². The summed E-state index contributed by atoms with van der Waals surface area (Å²) in [5, 5.41) is 10.4. The van der Waals surface area contributed by atoms with Crippen molar-refractivity contribution in [1.82, 2.24) is 5.32 Å². The van der Waals surface area contributed by atoms with E-state index in [1.54, 1.807) is 39.0 Å². The molecule has 0 fully saturated rings. The maximum absolute atomic E-state index is 12.9. The third-order valence-electron chi connectivity index (χ3n) is 3.85. The van der Waals surface area contributed by atoms with Gasteiger partial charge in [-0.3, -0.25) is 4.79 Å². The van der Waals surface area contributed by atoms with Crippen molar-refractivity contribution in [3.63, 3.8) is 0 Å². The van der Waals surface area contributed by atoms with Crippen molar-refractivity contribution in [3.8, 4) is 0 Å². The zero-order valence-electron chi connectivity index (χ0n) is 17.2. The summed E-state index contributed by atoms with van der Waals surface area (Å²) in [6.45, 7) is 5.20. The van der Waals surface area contributed by atoms with Crippen molar-refractivity contribution in [2.45, 2.75) is 44.6 Å². The first-order chi connectivity index (χ1) is 13.9. The van der Waals surface area contributed by atoms with E-state index in [2.05, 4.69) is 10.6 Å². The molecule has 4 N–H and O–H groups in total. The number of ether oxygens (including phenoxy) is 1. The van der Waals surface area contributed by atoms with Crippen molar-refractivity contribution in [2.75, 3.05) is 5.32 Å². The maximum Gasteiger partial charge on any atom is 0.408 e. The number of amides is 2. The lowest BCUT2D eigenvalue weighted by molar-refractivity contribution is -0.118. The Bertz CT molecular complexity index is 985. The van der Waals surface area contributed by atoms with Crippen LogP contribution in [-0.2, 0) is 31.7 Å². The summed E-state index contributed by atoms with van der Waals surface area (Å²) in [7, 11) is -3.70. The Balaban J connectivity index is 2.17. The first kappa shape index (κ1) is 23.4. The predicted octanol–water partition coefficient (Wildman–Crippen LogP) is 2.55. The second kappa shape index (κ2) is 9.73. The highest BCUT2D eigenvalue weighted by atomic mass is 32.2.